The molecule has 0 radical (unpaired) electrons. The second kappa shape index (κ2) is 6.46. The zero-order valence-corrected chi connectivity index (χ0v) is 15.4. The van der Waals surface area contributed by atoms with Crippen LogP contribution in [0.2, 0.25) is 0 Å². The SMILES string of the molecule is CC(CCC(C)n1ccc2c(N)ncnc21)n1ccc2c(=O)[nH]c(N)cc21. The molecule has 0 aromatic carbocycles. The van der Waals surface area contributed by atoms with Gasteiger partial charge in [-0.05, 0) is 38.8 Å². The van der Waals surface area contributed by atoms with E-state index in [1.54, 1.807) is 0 Å². The van der Waals surface area contributed by atoms with Crippen molar-refractivity contribution in [2.75, 3.05) is 11.5 Å². The van der Waals surface area contributed by atoms with Crippen molar-refractivity contribution in [3.63, 3.8) is 0 Å². The van der Waals surface area contributed by atoms with Gasteiger partial charge in [0, 0.05) is 30.5 Å². The average molecular weight is 365 g/mol. The molecule has 0 saturated heterocycles. The van der Waals surface area contributed by atoms with Gasteiger partial charge in [0.25, 0.3) is 5.56 Å². The van der Waals surface area contributed by atoms with Crippen LogP contribution in [-0.4, -0.2) is 24.1 Å². The molecule has 0 aliphatic carbocycles. The minimum absolute atomic E-state index is 0.152. The van der Waals surface area contributed by atoms with Crippen LogP contribution in [0.1, 0.15) is 38.8 Å². The molecular weight excluding hydrogens is 342 g/mol. The molecule has 0 amide bonds. The summed E-state index contributed by atoms with van der Waals surface area (Å²) in [6.45, 7) is 4.32. The number of nitrogen functional groups attached to an aromatic ring is 2. The molecule has 0 fully saturated rings. The van der Waals surface area contributed by atoms with E-state index >= 15 is 0 Å². The van der Waals surface area contributed by atoms with Crippen molar-refractivity contribution in [3.8, 4) is 0 Å². The highest BCUT2D eigenvalue weighted by molar-refractivity contribution is 5.86. The molecule has 4 aromatic heterocycles. The molecule has 0 spiro atoms. The second-order valence-corrected chi connectivity index (χ2v) is 7.07. The Labute approximate surface area is 155 Å². The van der Waals surface area contributed by atoms with Crippen molar-refractivity contribution in [2.45, 2.75) is 38.8 Å². The largest absolute Gasteiger partial charge is 0.385 e. The Kier molecular flexibility index (Phi) is 4.10. The maximum absolute atomic E-state index is 12.0. The molecule has 4 rings (SSSR count). The van der Waals surface area contributed by atoms with E-state index in [0.717, 1.165) is 29.4 Å². The monoisotopic (exact) mass is 365 g/mol. The van der Waals surface area contributed by atoms with Crippen molar-refractivity contribution in [2.24, 2.45) is 0 Å². The number of pyridine rings is 1. The highest BCUT2D eigenvalue weighted by atomic mass is 16.1. The Balaban J connectivity index is 1.54. The fraction of sp³-hybridized carbons (Fsp3) is 0.316. The third kappa shape index (κ3) is 2.92. The molecule has 0 aliphatic rings. The minimum atomic E-state index is -0.152. The lowest BCUT2D eigenvalue weighted by Crippen LogP contribution is -2.12. The van der Waals surface area contributed by atoms with E-state index in [-0.39, 0.29) is 17.6 Å². The van der Waals surface area contributed by atoms with E-state index < -0.39 is 0 Å². The fourth-order valence-electron chi connectivity index (χ4n) is 3.68. The number of nitrogens with one attached hydrogen (secondary N) is 1. The van der Waals surface area contributed by atoms with Crippen LogP contribution in [0.4, 0.5) is 11.6 Å². The first kappa shape index (κ1) is 17.1. The molecule has 27 heavy (non-hydrogen) atoms. The van der Waals surface area contributed by atoms with E-state index in [1.807, 2.05) is 30.6 Å². The van der Waals surface area contributed by atoms with Gasteiger partial charge in [-0.3, -0.25) is 4.79 Å². The van der Waals surface area contributed by atoms with Crippen LogP contribution in [-0.2, 0) is 0 Å². The van der Waals surface area contributed by atoms with Crippen LogP contribution in [0, 0.1) is 0 Å². The summed E-state index contributed by atoms with van der Waals surface area (Å²) in [5, 5.41) is 1.54. The first-order valence-corrected chi connectivity index (χ1v) is 9.02. The summed E-state index contributed by atoms with van der Waals surface area (Å²) in [5.74, 6) is 0.880. The van der Waals surface area contributed by atoms with Gasteiger partial charge in [0.05, 0.1) is 16.3 Å². The normalized spacial score (nSPS) is 14.0. The Morgan fingerprint density at radius 3 is 2.48 bits per heavy atom. The maximum atomic E-state index is 12.0. The van der Waals surface area contributed by atoms with Crippen LogP contribution < -0.4 is 17.0 Å². The lowest BCUT2D eigenvalue weighted by molar-refractivity contribution is 0.427. The third-order valence-electron chi connectivity index (χ3n) is 5.24. The van der Waals surface area contributed by atoms with E-state index in [9.17, 15) is 4.79 Å². The van der Waals surface area contributed by atoms with Crippen molar-refractivity contribution in [3.05, 3.63) is 47.3 Å². The summed E-state index contributed by atoms with van der Waals surface area (Å²) in [6.07, 6.45) is 7.35. The first-order valence-electron chi connectivity index (χ1n) is 9.02. The van der Waals surface area contributed by atoms with Crippen molar-refractivity contribution < 1.29 is 0 Å². The quantitative estimate of drug-likeness (QED) is 0.502. The number of H-pyrrole nitrogens is 1. The summed E-state index contributed by atoms with van der Waals surface area (Å²) in [4.78, 5) is 23.1. The van der Waals surface area contributed by atoms with Gasteiger partial charge in [-0.15, -0.1) is 0 Å². The Morgan fingerprint density at radius 2 is 1.70 bits per heavy atom. The summed E-state index contributed by atoms with van der Waals surface area (Å²) >= 11 is 0. The van der Waals surface area contributed by atoms with Crippen LogP contribution in [0.3, 0.4) is 0 Å². The minimum Gasteiger partial charge on any atom is -0.385 e. The van der Waals surface area contributed by atoms with Crippen molar-refractivity contribution in [1.29, 1.82) is 0 Å². The van der Waals surface area contributed by atoms with Crippen LogP contribution >= 0.6 is 0 Å². The Morgan fingerprint density at radius 1 is 1.04 bits per heavy atom. The van der Waals surface area contributed by atoms with E-state index in [4.69, 9.17) is 11.5 Å². The lowest BCUT2D eigenvalue weighted by Gasteiger charge is -2.20. The number of aromatic amines is 1. The molecule has 5 N–H and O–H groups in total. The highest BCUT2D eigenvalue weighted by Crippen LogP contribution is 2.27. The number of aromatic nitrogens is 5. The fourth-order valence-corrected chi connectivity index (χ4v) is 3.68. The smallest absolute Gasteiger partial charge is 0.258 e. The number of nitrogens with zero attached hydrogens (tertiary/aromatic N) is 4. The van der Waals surface area contributed by atoms with Gasteiger partial charge < -0.3 is 25.6 Å². The summed E-state index contributed by atoms with van der Waals surface area (Å²) in [7, 11) is 0. The number of anilines is 2. The number of nitrogens with two attached hydrogens (primary N) is 2. The van der Waals surface area contributed by atoms with Gasteiger partial charge in [-0.2, -0.15) is 0 Å². The molecule has 4 heterocycles. The van der Waals surface area contributed by atoms with E-state index in [0.29, 0.717) is 17.0 Å². The second-order valence-electron chi connectivity index (χ2n) is 7.07. The van der Waals surface area contributed by atoms with Crippen LogP contribution in [0.25, 0.3) is 21.9 Å². The average Bonchev–Trinajstić information content (AvgIpc) is 3.24. The first-order chi connectivity index (χ1) is 13.0. The Hall–Kier alpha value is -3.29. The topological polar surface area (TPSA) is 121 Å². The highest BCUT2D eigenvalue weighted by Gasteiger charge is 2.15. The molecule has 140 valence electrons. The predicted octanol–water partition coefficient (Wildman–Crippen LogP) is 2.84. The molecular formula is C19H23N7O. The van der Waals surface area contributed by atoms with Crippen LogP contribution in [0.15, 0.2) is 41.7 Å². The Bertz CT molecular complexity index is 1170. The van der Waals surface area contributed by atoms with Gasteiger partial charge in [-0.1, -0.05) is 0 Å². The van der Waals surface area contributed by atoms with Gasteiger partial charge in [0.2, 0.25) is 0 Å². The van der Waals surface area contributed by atoms with Crippen LogP contribution in [0.5, 0.6) is 0 Å². The summed E-state index contributed by atoms with van der Waals surface area (Å²) < 4.78 is 4.25. The molecule has 0 saturated carbocycles. The maximum Gasteiger partial charge on any atom is 0.258 e. The van der Waals surface area contributed by atoms with Crippen molar-refractivity contribution in [1.82, 2.24) is 24.1 Å². The lowest BCUT2D eigenvalue weighted by atomic mass is 10.1. The molecule has 8 heteroatoms. The number of fused-ring (bicyclic) bond motifs is 2. The molecule has 0 bridgehead atoms. The molecule has 0 aliphatic heterocycles. The third-order valence-corrected chi connectivity index (χ3v) is 5.24. The predicted molar refractivity (Wildman–Crippen MR) is 108 cm³/mol. The van der Waals surface area contributed by atoms with E-state index in [1.165, 1.54) is 6.33 Å². The molecule has 8 nitrogen and oxygen atoms in total. The number of rotatable bonds is 5. The zero-order chi connectivity index (χ0) is 19.1. The summed E-state index contributed by atoms with van der Waals surface area (Å²) in [5.41, 5.74) is 13.3. The van der Waals surface area contributed by atoms with Gasteiger partial charge in [0.1, 0.15) is 23.6 Å². The summed E-state index contributed by atoms with van der Waals surface area (Å²) in [6, 6.07) is 6.10. The van der Waals surface area contributed by atoms with Gasteiger partial charge >= 0.3 is 0 Å². The molecule has 4 aromatic rings. The number of hydrogen-bond acceptors (Lipinski definition) is 5. The van der Waals surface area contributed by atoms with Crippen molar-refractivity contribution >= 4 is 33.6 Å². The standard InChI is InChI=1S/C19H23N7O/c1-11(25-7-5-13-15(25)9-16(20)24-19(13)27)3-4-12(2)26-8-6-14-17(21)22-10-23-18(14)26/h5-12H,3-4H2,1-2H3,(H3,20,24,27)(H2,21,22,23). The van der Waals surface area contributed by atoms with E-state index in [2.05, 4.69) is 37.9 Å². The van der Waals surface area contributed by atoms with Gasteiger partial charge in [-0.25, -0.2) is 9.97 Å². The zero-order valence-electron chi connectivity index (χ0n) is 15.4. The molecule has 2 atom stereocenters. The molecule has 2 unspecified atom stereocenters. The van der Waals surface area contributed by atoms with Gasteiger partial charge in [0.15, 0.2) is 0 Å². The number of hydrogen-bond donors (Lipinski definition) is 3.